The Morgan fingerprint density at radius 2 is 1.75 bits per heavy atom. The van der Waals surface area contributed by atoms with Crippen molar-refractivity contribution >= 4 is 30.6 Å². The lowest BCUT2D eigenvalue weighted by molar-refractivity contribution is 0.467. The number of aryl methyl sites for hydroxylation is 1. The Morgan fingerprint density at radius 1 is 1.12 bits per heavy atom. The first-order valence-corrected chi connectivity index (χ1v) is 9.56. The van der Waals surface area contributed by atoms with Gasteiger partial charge in [0.15, 0.2) is 0 Å². The first-order chi connectivity index (χ1) is 11.6. The highest BCUT2D eigenvalue weighted by Crippen LogP contribution is 2.36. The summed E-state index contributed by atoms with van der Waals surface area (Å²) in [7, 11) is 1.87. The smallest absolute Gasteiger partial charge is 0.128 e. The lowest BCUT2D eigenvalue weighted by Crippen LogP contribution is -2.10. The molecule has 0 bridgehead atoms. The molecule has 0 aliphatic heterocycles. The number of thiol groups is 1. The molecule has 0 atom stereocenters. The highest BCUT2D eigenvalue weighted by atomic mass is 32.2. The standard InChI is InChI=1S/C15H19NO2S2.2C2H6/c1-9-8-11-4-5-12(20-18-19)6-7-13(16-3)14(11)15(17)10(9)2;2*1-2/h5,7-8,16-17,19H,4,6H2,1-3H3;2*1-2H3/b12-5?,13-7+;;. The zero-order valence-electron chi connectivity index (χ0n) is 15.9. The van der Waals surface area contributed by atoms with Gasteiger partial charge in [-0.1, -0.05) is 45.9 Å². The number of rotatable bonds is 3. The van der Waals surface area contributed by atoms with E-state index in [0.29, 0.717) is 5.75 Å². The molecule has 0 saturated heterocycles. The Balaban J connectivity index is 0.00000123. The monoisotopic (exact) mass is 369 g/mol. The summed E-state index contributed by atoms with van der Waals surface area (Å²) in [4.78, 5) is 1.11. The van der Waals surface area contributed by atoms with Gasteiger partial charge in [0.1, 0.15) is 5.75 Å². The topological polar surface area (TPSA) is 41.5 Å². The predicted molar refractivity (Wildman–Crippen MR) is 111 cm³/mol. The molecule has 0 saturated carbocycles. The maximum atomic E-state index is 10.5. The first kappa shape index (κ1) is 23.0. The largest absolute Gasteiger partial charge is 0.507 e. The quantitative estimate of drug-likeness (QED) is 0.454. The number of phenolic OH excluding ortho intramolecular Hbond substituents is 1. The number of fused-ring (bicyclic) bond motifs is 1. The minimum atomic E-state index is 0.371. The molecule has 1 aromatic rings. The maximum Gasteiger partial charge on any atom is 0.128 e. The lowest BCUT2D eigenvalue weighted by Gasteiger charge is -2.19. The number of hydrogen-bond acceptors (Lipinski definition) is 5. The van der Waals surface area contributed by atoms with Gasteiger partial charge in [0.05, 0.1) is 0 Å². The molecule has 2 rings (SSSR count). The minimum absolute atomic E-state index is 0.371. The van der Waals surface area contributed by atoms with E-state index in [4.69, 9.17) is 3.63 Å². The summed E-state index contributed by atoms with van der Waals surface area (Å²) in [6.45, 7) is 12.0. The molecule has 0 unspecified atom stereocenters. The van der Waals surface area contributed by atoms with E-state index in [1.54, 1.807) is 0 Å². The highest BCUT2D eigenvalue weighted by molar-refractivity contribution is 8.04. The average molecular weight is 370 g/mol. The molecule has 136 valence electrons. The minimum Gasteiger partial charge on any atom is -0.507 e. The van der Waals surface area contributed by atoms with Gasteiger partial charge in [-0.2, -0.15) is 0 Å². The Labute approximate surface area is 157 Å². The summed E-state index contributed by atoms with van der Waals surface area (Å²) >= 11 is 5.05. The second-order valence-electron chi connectivity index (χ2n) is 4.81. The predicted octanol–water partition coefficient (Wildman–Crippen LogP) is 5.96. The third-order valence-corrected chi connectivity index (χ3v) is 4.48. The van der Waals surface area contributed by atoms with Crippen LogP contribution in [0.2, 0.25) is 0 Å². The SMILES string of the molecule is CC.CC.CN/C1=C/CC(SOS)=CCc2cc(C)c(C)c(O)c21. The van der Waals surface area contributed by atoms with Crippen molar-refractivity contribution in [2.24, 2.45) is 0 Å². The van der Waals surface area contributed by atoms with Crippen LogP contribution in [0.1, 0.15) is 56.4 Å². The van der Waals surface area contributed by atoms with E-state index in [1.165, 1.54) is 12.0 Å². The molecule has 0 aromatic heterocycles. The molecule has 24 heavy (non-hydrogen) atoms. The summed E-state index contributed by atoms with van der Waals surface area (Å²) in [5.74, 6) is 0.371. The normalized spacial score (nSPS) is 15.0. The van der Waals surface area contributed by atoms with Crippen LogP contribution in [0.4, 0.5) is 0 Å². The molecule has 0 spiro atoms. The summed E-state index contributed by atoms with van der Waals surface area (Å²) < 4.78 is 4.84. The van der Waals surface area contributed by atoms with Crippen LogP contribution in [0.25, 0.3) is 5.70 Å². The average Bonchev–Trinajstić information content (AvgIpc) is 2.61. The molecular formula is C19H31NO2S2. The summed E-state index contributed by atoms with van der Waals surface area (Å²) in [5.41, 5.74) is 5.00. The van der Waals surface area contributed by atoms with Crippen molar-refractivity contribution in [3.8, 4) is 5.75 Å². The van der Waals surface area contributed by atoms with Gasteiger partial charge in [-0.3, -0.25) is 0 Å². The Bertz CT molecular complexity index is 581. The van der Waals surface area contributed by atoms with E-state index < -0.39 is 0 Å². The highest BCUT2D eigenvalue weighted by Gasteiger charge is 2.17. The molecule has 1 aliphatic carbocycles. The van der Waals surface area contributed by atoms with E-state index in [0.717, 1.165) is 45.7 Å². The molecule has 0 radical (unpaired) electrons. The Hall–Kier alpha value is -1.04. The molecule has 0 amide bonds. The molecule has 0 heterocycles. The molecule has 5 heteroatoms. The fourth-order valence-electron chi connectivity index (χ4n) is 2.38. The van der Waals surface area contributed by atoms with Gasteiger partial charge >= 0.3 is 0 Å². The van der Waals surface area contributed by atoms with Crippen molar-refractivity contribution in [1.29, 1.82) is 0 Å². The Morgan fingerprint density at radius 3 is 2.29 bits per heavy atom. The summed E-state index contributed by atoms with van der Waals surface area (Å²) in [5, 5.41) is 13.7. The van der Waals surface area contributed by atoms with Gasteiger partial charge in [-0.05, 0) is 49.9 Å². The van der Waals surface area contributed by atoms with Crippen molar-refractivity contribution in [2.75, 3.05) is 7.05 Å². The van der Waals surface area contributed by atoms with E-state index >= 15 is 0 Å². The molecule has 0 fully saturated rings. The van der Waals surface area contributed by atoms with Crippen molar-refractivity contribution in [3.05, 3.63) is 45.4 Å². The second kappa shape index (κ2) is 12.3. The van der Waals surface area contributed by atoms with Crippen LogP contribution < -0.4 is 5.32 Å². The lowest BCUT2D eigenvalue weighted by atomic mass is 9.92. The van der Waals surface area contributed by atoms with Crippen LogP contribution >= 0.6 is 25.0 Å². The fraction of sp³-hybridized carbons (Fsp3) is 0.474. The van der Waals surface area contributed by atoms with Gasteiger partial charge in [0, 0.05) is 41.7 Å². The van der Waals surface area contributed by atoms with Gasteiger partial charge in [0.25, 0.3) is 0 Å². The number of hydrogen-bond donors (Lipinski definition) is 3. The van der Waals surface area contributed by atoms with Crippen molar-refractivity contribution < 1.29 is 8.74 Å². The van der Waals surface area contributed by atoms with Gasteiger partial charge in [-0.25, -0.2) is 3.63 Å². The molecular weight excluding hydrogens is 338 g/mol. The van der Waals surface area contributed by atoms with Crippen LogP contribution in [-0.4, -0.2) is 12.2 Å². The van der Waals surface area contributed by atoms with Crippen molar-refractivity contribution in [3.63, 3.8) is 0 Å². The Kier molecular flexibility index (Phi) is 11.8. The van der Waals surface area contributed by atoms with Crippen LogP contribution in [0, 0.1) is 13.8 Å². The zero-order valence-corrected chi connectivity index (χ0v) is 17.6. The molecule has 3 nitrogen and oxygen atoms in total. The van der Waals surface area contributed by atoms with Gasteiger partial charge < -0.3 is 10.4 Å². The van der Waals surface area contributed by atoms with E-state index in [1.807, 2.05) is 48.6 Å². The van der Waals surface area contributed by atoms with Gasteiger partial charge in [0.2, 0.25) is 0 Å². The van der Waals surface area contributed by atoms with Crippen LogP contribution in [0.15, 0.2) is 23.1 Å². The number of phenols is 1. The number of benzene rings is 1. The molecule has 2 N–H and O–H groups in total. The molecule has 1 aliphatic rings. The fourth-order valence-corrected chi connectivity index (χ4v) is 3.07. The van der Waals surface area contributed by atoms with Crippen molar-refractivity contribution in [1.82, 2.24) is 5.32 Å². The third kappa shape index (κ3) is 5.80. The van der Waals surface area contributed by atoms with Crippen LogP contribution in [-0.2, 0) is 10.1 Å². The van der Waals surface area contributed by atoms with Gasteiger partial charge in [-0.15, -0.1) is 0 Å². The summed E-state index contributed by atoms with van der Waals surface area (Å²) in [6.07, 6.45) is 5.71. The van der Waals surface area contributed by atoms with Crippen molar-refractivity contribution in [2.45, 2.75) is 54.4 Å². The maximum absolute atomic E-state index is 10.5. The molecule has 1 aromatic carbocycles. The number of allylic oxidation sites excluding steroid dienone is 3. The van der Waals surface area contributed by atoms with E-state index in [-0.39, 0.29) is 0 Å². The van der Waals surface area contributed by atoms with E-state index in [9.17, 15) is 5.11 Å². The third-order valence-electron chi connectivity index (χ3n) is 3.64. The number of nitrogens with one attached hydrogen (secondary N) is 1. The van der Waals surface area contributed by atoms with Crippen LogP contribution in [0.3, 0.4) is 0 Å². The first-order valence-electron chi connectivity index (χ1n) is 8.46. The van der Waals surface area contributed by atoms with E-state index in [2.05, 4.69) is 36.4 Å². The zero-order chi connectivity index (χ0) is 18.7. The second-order valence-corrected chi connectivity index (χ2v) is 6.09. The summed E-state index contributed by atoms with van der Waals surface area (Å²) in [6, 6.07) is 2.14. The van der Waals surface area contributed by atoms with Crippen LogP contribution in [0.5, 0.6) is 5.75 Å². The number of aromatic hydroxyl groups is 1.